The fraction of sp³-hybridized carbons (Fsp3) is 0. The largest absolute Gasteiger partial charge is 0.399 e. The molecule has 0 atom stereocenters. The number of nitrogens with zero attached hydrogens (tertiary/aromatic N) is 1. The number of aromatic nitrogens is 1. The lowest BCUT2D eigenvalue weighted by Crippen LogP contribution is -1.94. The van der Waals surface area contributed by atoms with Gasteiger partial charge in [0.1, 0.15) is 0 Å². The minimum Gasteiger partial charge on any atom is -0.399 e. The molecule has 49 heavy (non-hydrogen) atoms. The Hall–Kier alpha value is -5.90. The summed E-state index contributed by atoms with van der Waals surface area (Å²) in [5.41, 5.74) is 19.8. The van der Waals surface area contributed by atoms with E-state index in [1.807, 2.05) is 12.1 Å². The van der Waals surface area contributed by atoms with Gasteiger partial charge in [-0.2, -0.15) is 0 Å². The van der Waals surface area contributed by atoms with Gasteiger partial charge in [-0.15, -0.1) is 0 Å². The van der Waals surface area contributed by atoms with Crippen LogP contribution in [0.4, 0.5) is 5.69 Å². The first-order valence-corrected chi connectivity index (χ1v) is 17.3. The Morgan fingerprint density at radius 2 is 0.898 bits per heavy atom. The van der Waals surface area contributed by atoms with Crippen LogP contribution in [0.15, 0.2) is 180 Å². The lowest BCUT2D eigenvalue weighted by Gasteiger charge is -2.14. The highest BCUT2D eigenvalue weighted by molar-refractivity contribution is 9.10. The van der Waals surface area contributed by atoms with E-state index in [0.29, 0.717) is 0 Å². The zero-order valence-corrected chi connectivity index (χ0v) is 28.2. The summed E-state index contributed by atoms with van der Waals surface area (Å²) >= 11 is 3.57. The van der Waals surface area contributed by atoms with Crippen molar-refractivity contribution in [1.29, 1.82) is 0 Å². The standard InChI is InChI=1S/C46H31BrN2/c47-36-23-18-32(19-24-36)34-22-27-46-44(29-34)43-8-1-2-13-45(43)49(46)38-7-3-6-35(28-38)40-10-5-11-41-39(9-4-12-42(40)41)33-16-14-30(15-17-33)31-20-25-37(48)26-21-31/h1-29H,48H2. The Morgan fingerprint density at radius 3 is 1.63 bits per heavy atom. The first-order chi connectivity index (χ1) is 24.1. The maximum Gasteiger partial charge on any atom is 0.0541 e. The molecule has 0 aliphatic carbocycles. The highest BCUT2D eigenvalue weighted by Gasteiger charge is 2.15. The first-order valence-electron chi connectivity index (χ1n) is 16.5. The topological polar surface area (TPSA) is 30.9 Å². The van der Waals surface area contributed by atoms with Crippen LogP contribution >= 0.6 is 15.9 Å². The van der Waals surface area contributed by atoms with Crippen LogP contribution in [0.1, 0.15) is 0 Å². The first kappa shape index (κ1) is 29.3. The van der Waals surface area contributed by atoms with Crippen LogP contribution in [0.25, 0.3) is 82.8 Å². The molecule has 2 N–H and O–H groups in total. The molecule has 3 heteroatoms. The molecule has 0 radical (unpaired) electrons. The number of para-hydroxylation sites is 1. The van der Waals surface area contributed by atoms with Gasteiger partial charge in [-0.1, -0.05) is 137 Å². The predicted octanol–water partition coefficient (Wildman–Crippen LogP) is 12.9. The fourth-order valence-corrected chi connectivity index (χ4v) is 7.48. The zero-order chi connectivity index (χ0) is 32.9. The van der Waals surface area contributed by atoms with E-state index in [4.69, 9.17) is 5.73 Å². The van der Waals surface area contributed by atoms with Crippen LogP contribution in [0.3, 0.4) is 0 Å². The SMILES string of the molecule is Nc1ccc(-c2ccc(-c3cccc4c(-c5cccc(-n6c7ccccc7c7cc(-c8ccc(Br)cc8)ccc76)c5)cccc34)cc2)cc1. The van der Waals surface area contributed by atoms with E-state index in [-0.39, 0.29) is 0 Å². The summed E-state index contributed by atoms with van der Waals surface area (Å²) in [7, 11) is 0. The van der Waals surface area contributed by atoms with Gasteiger partial charge in [-0.3, -0.25) is 0 Å². The Bertz CT molecular complexity index is 2650. The van der Waals surface area contributed by atoms with Crippen LogP contribution in [0.5, 0.6) is 0 Å². The predicted molar refractivity (Wildman–Crippen MR) is 212 cm³/mol. The van der Waals surface area contributed by atoms with Crippen LogP contribution in [-0.2, 0) is 0 Å². The smallest absolute Gasteiger partial charge is 0.0541 e. The Kier molecular flexibility index (Phi) is 7.14. The number of nitrogen functional groups attached to an aromatic ring is 1. The molecule has 0 amide bonds. The number of hydrogen-bond donors (Lipinski definition) is 1. The van der Waals surface area contributed by atoms with Crippen molar-refractivity contribution in [2.75, 3.05) is 5.73 Å². The van der Waals surface area contributed by atoms with Gasteiger partial charge in [0.15, 0.2) is 0 Å². The number of fused-ring (bicyclic) bond motifs is 4. The quantitative estimate of drug-likeness (QED) is 0.179. The van der Waals surface area contributed by atoms with E-state index >= 15 is 0 Å². The van der Waals surface area contributed by atoms with E-state index in [0.717, 1.165) is 21.4 Å². The molecule has 9 aromatic rings. The van der Waals surface area contributed by atoms with Crippen LogP contribution in [0, 0.1) is 0 Å². The summed E-state index contributed by atoms with van der Waals surface area (Å²) < 4.78 is 3.49. The van der Waals surface area contributed by atoms with E-state index in [2.05, 4.69) is 184 Å². The van der Waals surface area contributed by atoms with Crippen molar-refractivity contribution in [1.82, 2.24) is 4.57 Å². The van der Waals surface area contributed by atoms with Crippen molar-refractivity contribution in [3.63, 3.8) is 0 Å². The molecule has 0 saturated heterocycles. The number of rotatable bonds is 5. The van der Waals surface area contributed by atoms with Crippen LogP contribution in [-0.4, -0.2) is 4.57 Å². The van der Waals surface area contributed by atoms with Gasteiger partial charge in [-0.25, -0.2) is 0 Å². The minimum atomic E-state index is 0.777. The van der Waals surface area contributed by atoms with Crippen molar-refractivity contribution in [3.05, 3.63) is 180 Å². The van der Waals surface area contributed by atoms with Crippen molar-refractivity contribution in [2.45, 2.75) is 0 Å². The third kappa shape index (κ3) is 5.20. The Morgan fingerprint density at radius 1 is 0.367 bits per heavy atom. The van der Waals surface area contributed by atoms with Gasteiger partial charge < -0.3 is 10.3 Å². The maximum absolute atomic E-state index is 5.91. The van der Waals surface area contributed by atoms with E-state index in [1.54, 1.807) is 0 Å². The molecule has 0 aliphatic heterocycles. The third-order valence-electron chi connectivity index (χ3n) is 9.63. The summed E-state index contributed by atoms with van der Waals surface area (Å²) in [6, 6.07) is 63.2. The molecule has 9 rings (SSSR count). The number of benzene rings is 8. The highest BCUT2D eigenvalue weighted by Crippen LogP contribution is 2.39. The molecule has 2 nitrogen and oxygen atoms in total. The molecular weight excluding hydrogens is 660 g/mol. The summed E-state index contributed by atoms with van der Waals surface area (Å²) in [5, 5.41) is 4.97. The average Bonchev–Trinajstić information content (AvgIpc) is 3.49. The molecule has 1 heterocycles. The van der Waals surface area contributed by atoms with Gasteiger partial charge >= 0.3 is 0 Å². The number of hydrogen-bond acceptors (Lipinski definition) is 1. The molecule has 0 aliphatic rings. The minimum absolute atomic E-state index is 0.777. The van der Waals surface area contributed by atoms with Crippen molar-refractivity contribution >= 4 is 54.2 Å². The normalized spacial score (nSPS) is 11.4. The van der Waals surface area contributed by atoms with Crippen LogP contribution in [0.2, 0.25) is 0 Å². The molecule has 0 bridgehead atoms. The van der Waals surface area contributed by atoms with Crippen LogP contribution < -0.4 is 5.73 Å². The summed E-state index contributed by atoms with van der Waals surface area (Å²) in [4.78, 5) is 0. The summed E-state index contributed by atoms with van der Waals surface area (Å²) in [6.45, 7) is 0. The summed E-state index contributed by atoms with van der Waals surface area (Å²) in [5.74, 6) is 0. The second kappa shape index (κ2) is 12.0. The second-order valence-electron chi connectivity index (χ2n) is 12.5. The van der Waals surface area contributed by atoms with Crippen molar-refractivity contribution in [2.24, 2.45) is 0 Å². The number of nitrogens with two attached hydrogens (primary N) is 1. The van der Waals surface area contributed by atoms with Gasteiger partial charge in [0, 0.05) is 26.6 Å². The molecule has 0 fully saturated rings. The Labute approximate surface area is 293 Å². The maximum atomic E-state index is 5.91. The molecular formula is C46H31BrN2. The molecule has 0 unspecified atom stereocenters. The monoisotopic (exact) mass is 690 g/mol. The van der Waals surface area contributed by atoms with Crippen molar-refractivity contribution < 1.29 is 0 Å². The zero-order valence-electron chi connectivity index (χ0n) is 26.6. The molecule has 8 aromatic carbocycles. The number of halogens is 1. The van der Waals surface area contributed by atoms with Gasteiger partial charge in [-0.05, 0) is 110 Å². The molecule has 0 spiro atoms. The van der Waals surface area contributed by atoms with E-state index in [9.17, 15) is 0 Å². The van der Waals surface area contributed by atoms with Gasteiger partial charge in [0.2, 0.25) is 0 Å². The number of anilines is 1. The fourth-order valence-electron chi connectivity index (χ4n) is 7.22. The molecule has 0 saturated carbocycles. The molecule has 232 valence electrons. The second-order valence-corrected chi connectivity index (χ2v) is 13.5. The highest BCUT2D eigenvalue weighted by atomic mass is 79.9. The average molecular weight is 692 g/mol. The lowest BCUT2D eigenvalue weighted by atomic mass is 9.92. The molecule has 1 aromatic heterocycles. The third-order valence-corrected chi connectivity index (χ3v) is 10.2. The van der Waals surface area contributed by atoms with Gasteiger partial charge in [0.05, 0.1) is 11.0 Å². The van der Waals surface area contributed by atoms with Crippen molar-refractivity contribution in [3.8, 4) is 50.2 Å². The van der Waals surface area contributed by atoms with E-state index < -0.39 is 0 Å². The van der Waals surface area contributed by atoms with E-state index in [1.165, 1.54) is 71.5 Å². The summed E-state index contributed by atoms with van der Waals surface area (Å²) in [6.07, 6.45) is 0. The van der Waals surface area contributed by atoms with Gasteiger partial charge in [0.25, 0.3) is 0 Å². The lowest BCUT2D eigenvalue weighted by molar-refractivity contribution is 1.18. The Balaban J connectivity index is 1.14.